The summed E-state index contributed by atoms with van der Waals surface area (Å²) in [5.74, 6) is -1.18. The van der Waals surface area contributed by atoms with E-state index in [-0.39, 0.29) is 10.5 Å². The van der Waals surface area contributed by atoms with E-state index in [0.29, 0.717) is 22.7 Å². The molecule has 2 rings (SSSR count). The molecular formula is C15H14ClNO4S. The van der Waals surface area contributed by atoms with Gasteiger partial charge in [0.2, 0.25) is 0 Å². The van der Waals surface area contributed by atoms with Crippen LogP contribution in [0.5, 0.6) is 0 Å². The largest absolute Gasteiger partial charge is 0.478 e. The monoisotopic (exact) mass is 339 g/mol. The van der Waals surface area contributed by atoms with Crippen LogP contribution in [-0.4, -0.2) is 19.5 Å². The molecule has 22 heavy (non-hydrogen) atoms. The van der Waals surface area contributed by atoms with Crippen molar-refractivity contribution in [1.82, 2.24) is 0 Å². The average Bonchev–Trinajstić information content (AvgIpc) is 2.48. The smallest absolute Gasteiger partial charge is 0.335 e. The summed E-state index contributed by atoms with van der Waals surface area (Å²) < 4.78 is 27.4. The molecule has 0 heterocycles. The Morgan fingerprint density at radius 2 is 1.82 bits per heavy atom. The molecule has 2 N–H and O–H groups in total. The molecular weight excluding hydrogens is 326 g/mol. The van der Waals surface area contributed by atoms with Crippen LogP contribution in [0.15, 0.2) is 47.4 Å². The van der Waals surface area contributed by atoms with E-state index in [1.807, 2.05) is 0 Å². The summed E-state index contributed by atoms with van der Waals surface area (Å²) in [7, 11) is -3.88. The first-order valence-corrected chi connectivity index (χ1v) is 8.34. The topological polar surface area (TPSA) is 83.5 Å². The molecule has 0 aromatic heterocycles. The zero-order valence-electron chi connectivity index (χ0n) is 11.7. The molecule has 0 atom stereocenters. The SMILES string of the molecule is CCc1ccc(C(=O)O)cc1S(=O)(=O)Nc1ccc(Cl)cc1. The van der Waals surface area contributed by atoms with Crippen molar-refractivity contribution >= 4 is 33.3 Å². The van der Waals surface area contributed by atoms with Gasteiger partial charge in [-0.05, 0) is 48.4 Å². The summed E-state index contributed by atoms with van der Waals surface area (Å²) >= 11 is 5.76. The maximum absolute atomic E-state index is 12.5. The first-order valence-electron chi connectivity index (χ1n) is 6.48. The number of nitrogens with one attached hydrogen (secondary N) is 1. The normalized spacial score (nSPS) is 11.2. The molecule has 116 valence electrons. The van der Waals surface area contributed by atoms with Crippen LogP contribution in [-0.2, 0) is 16.4 Å². The predicted molar refractivity (Wildman–Crippen MR) is 85.0 cm³/mol. The van der Waals surface area contributed by atoms with Crippen LogP contribution >= 0.6 is 11.6 Å². The van der Waals surface area contributed by atoms with Crippen molar-refractivity contribution in [3.63, 3.8) is 0 Å². The van der Waals surface area contributed by atoms with Gasteiger partial charge >= 0.3 is 5.97 Å². The van der Waals surface area contributed by atoms with Gasteiger partial charge in [0.05, 0.1) is 10.5 Å². The highest BCUT2D eigenvalue weighted by Gasteiger charge is 2.20. The Labute approximate surface area is 133 Å². The van der Waals surface area contributed by atoms with Gasteiger partial charge in [-0.3, -0.25) is 4.72 Å². The van der Waals surface area contributed by atoms with Gasteiger partial charge in [0.1, 0.15) is 0 Å². The summed E-state index contributed by atoms with van der Waals surface area (Å²) in [6.07, 6.45) is 0.469. The van der Waals surface area contributed by atoms with Crippen LogP contribution in [0.3, 0.4) is 0 Å². The second kappa shape index (κ2) is 6.37. The van der Waals surface area contributed by atoms with Crippen LogP contribution in [0.2, 0.25) is 5.02 Å². The van der Waals surface area contributed by atoms with E-state index >= 15 is 0 Å². The lowest BCUT2D eigenvalue weighted by Gasteiger charge is -2.12. The van der Waals surface area contributed by atoms with E-state index in [0.717, 1.165) is 0 Å². The predicted octanol–water partition coefficient (Wildman–Crippen LogP) is 3.40. The highest BCUT2D eigenvalue weighted by atomic mass is 35.5. The Bertz CT molecular complexity index is 801. The Morgan fingerprint density at radius 1 is 1.18 bits per heavy atom. The van der Waals surface area contributed by atoms with Crippen LogP contribution < -0.4 is 4.72 Å². The molecule has 0 amide bonds. The third-order valence-corrected chi connectivity index (χ3v) is 4.80. The molecule has 0 spiro atoms. The molecule has 0 fully saturated rings. The second-order valence-electron chi connectivity index (χ2n) is 4.59. The lowest BCUT2D eigenvalue weighted by molar-refractivity contribution is 0.0696. The Balaban J connectivity index is 2.45. The number of carboxylic acids is 1. The van der Waals surface area contributed by atoms with E-state index in [1.165, 1.54) is 30.3 Å². The Hall–Kier alpha value is -2.05. The van der Waals surface area contributed by atoms with Gasteiger partial charge in [0.15, 0.2) is 0 Å². The fourth-order valence-electron chi connectivity index (χ4n) is 1.96. The fraction of sp³-hybridized carbons (Fsp3) is 0.133. The van der Waals surface area contributed by atoms with E-state index in [2.05, 4.69) is 4.72 Å². The van der Waals surface area contributed by atoms with Crippen LogP contribution in [0, 0.1) is 0 Å². The van der Waals surface area contributed by atoms with E-state index < -0.39 is 16.0 Å². The van der Waals surface area contributed by atoms with Crippen LogP contribution in [0.25, 0.3) is 0 Å². The fourth-order valence-corrected chi connectivity index (χ4v) is 3.48. The molecule has 5 nitrogen and oxygen atoms in total. The zero-order chi connectivity index (χ0) is 16.3. The summed E-state index contributed by atoms with van der Waals surface area (Å²) in [4.78, 5) is 11.0. The second-order valence-corrected chi connectivity index (χ2v) is 6.68. The van der Waals surface area contributed by atoms with Crippen LogP contribution in [0.4, 0.5) is 5.69 Å². The van der Waals surface area contributed by atoms with E-state index in [9.17, 15) is 13.2 Å². The number of sulfonamides is 1. The van der Waals surface area contributed by atoms with Crippen molar-refractivity contribution < 1.29 is 18.3 Å². The molecule has 0 saturated carbocycles. The summed E-state index contributed by atoms with van der Waals surface area (Å²) in [5.41, 5.74) is 0.826. The van der Waals surface area contributed by atoms with Gasteiger partial charge in [-0.2, -0.15) is 0 Å². The molecule has 0 unspecified atom stereocenters. The lowest BCUT2D eigenvalue weighted by atomic mass is 10.1. The third-order valence-electron chi connectivity index (χ3n) is 3.08. The Kier molecular flexibility index (Phi) is 4.73. The van der Waals surface area contributed by atoms with Gasteiger partial charge in [0, 0.05) is 10.7 Å². The number of hydrogen-bond donors (Lipinski definition) is 2. The summed E-state index contributed by atoms with van der Waals surface area (Å²) in [5, 5.41) is 9.52. The standard InChI is InChI=1S/C15H14ClNO4S/c1-2-10-3-4-11(15(18)19)9-14(10)22(20,21)17-13-7-5-12(16)6-8-13/h3-9,17H,2H2,1H3,(H,18,19). The van der Waals surface area contributed by atoms with Crippen molar-refractivity contribution in [1.29, 1.82) is 0 Å². The van der Waals surface area contributed by atoms with E-state index in [4.69, 9.17) is 16.7 Å². The minimum atomic E-state index is -3.88. The molecule has 7 heteroatoms. The number of rotatable bonds is 5. The van der Waals surface area contributed by atoms with Crippen molar-refractivity contribution in [3.05, 3.63) is 58.6 Å². The quantitative estimate of drug-likeness (QED) is 0.874. The van der Waals surface area contributed by atoms with Gasteiger partial charge in [-0.15, -0.1) is 0 Å². The number of aromatic carboxylic acids is 1. The highest BCUT2D eigenvalue weighted by molar-refractivity contribution is 7.92. The molecule has 0 bridgehead atoms. The Morgan fingerprint density at radius 3 is 2.36 bits per heavy atom. The van der Waals surface area contributed by atoms with Crippen molar-refractivity contribution in [3.8, 4) is 0 Å². The maximum Gasteiger partial charge on any atom is 0.335 e. The molecule has 2 aromatic carbocycles. The van der Waals surface area contributed by atoms with Crippen molar-refractivity contribution in [2.75, 3.05) is 4.72 Å². The lowest BCUT2D eigenvalue weighted by Crippen LogP contribution is -2.16. The summed E-state index contributed by atoms with van der Waals surface area (Å²) in [6, 6.07) is 10.3. The third kappa shape index (κ3) is 3.58. The maximum atomic E-state index is 12.5. The average molecular weight is 340 g/mol. The van der Waals surface area contributed by atoms with Gasteiger partial charge in [0.25, 0.3) is 10.0 Å². The molecule has 0 saturated heterocycles. The number of benzene rings is 2. The van der Waals surface area contributed by atoms with Crippen LogP contribution in [0.1, 0.15) is 22.8 Å². The van der Waals surface area contributed by atoms with Crippen molar-refractivity contribution in [2.45, 2.75) is 18.2 Å². The number of hydrogen-bond acceptors (Lipinski definition) is 3. The number of carboxylic acid groups (broad SMARTS) is 1. The zero-order valence-corrected chi connectivity index (χ0v) is 13.3. The number of halogens is 1. The molecule has 0 radical (unpaired) electrons. The number of anilines is 1. The molecule has 2 aromatic rings. The first kappa shape index (κ1) is 16.3. The number of carbonyl (C=O) groups is 1. The number of aryl methyl sites for hydroxylation is 1. The van der Waals surface area contributed by atoms with Gasteiger partial charge in [-0.25, -0.2) is 13.2 Å². The van der Waals surface area contributed by atoms with Gasteiger partial charge < -0.3 is 5.11 Å². The van der Waals surface area contributed by atoms with E-state index in [1.54, 1.807) is 19.1 Å². The van der Waals surface area contributed by atoms with Crippen molar-refractivity contribution in [2.24, 2.45) is 0 Å². The summed E-state index contributed by atoms with van der Waals surface area (Å²) in [6.45, 7) is 1.80. The minimum absolute atomic E-state index is 0.0372. The molecule has 0 aliphatic heterocycles. The minimum Gasteiger partial charge on any atom is -0.478 e. The molecule has 0 aliphatic carbocycles. The van der Waals surface area contributed by atoms with Gasteiger partial charge in [-0.1, -0.05) is 24.6 Å². The highest BCUT2D eigenvalue weighted by Crippen LogP contribution is 2.23. The first-order chi connectivity index (χ1) is 10.3. The molecule has 0 aliphatic rings.